The van der Waals surface area contributed by atoms with E-state index in [-0.39, 0.29) is 11.7 Å². The monoisotopic (exact) mass is 304 g/mol. The Morgan fingerprint density at radius 2 is 2.05 bits per heavy atom. The lowest BCUT2D eigenvalue weighted by atomic mass is 10.1. The van der Waals surface area contributed by atoms with E-state index in [1.54, 1.807) is 6.07 Å². The zero-order chi connectivity index (χ0) is 15.0. The van der Waals surface area contributed by atoms with Gasteiger partial charge in [0.25, 0.3) is 5.91 Å². The second-order valence-electron chi connectivity index (χ2n) is 5.31. The Kier molecular flexibility index (Phi) is 3.68. The Balaban J connectivity index is 2.02. The summed E-state index contributed by atoms with van der Waals surface area (Å²) in [6.45, 7) is 3.47. The number of hydrogen-bond donors (Lipinski definition) is 1. The van der Waals surface area contributed by atoms with Crippen molar-refractivity contribution in [1.82, 2.24) is 4.90 Å². The molecule has 0 unspecified atom stereocenters. The van der Waals surface area contributed by atoms with Gasteiger partial charge >= 0.3 is 0 Å². The van der Waals surface area contributed by atoms with Crippen molar-refractivity contribution in [3.8, 4) is 10.4 Å². The average Bonchev–Trinajstić information content (AvgIpc) is 3.07. The van der Waals surface area contributed by atoms with Crippen molar-refractivity contribution >= 4 is 22.2 Å². The second-order valence-corrected chi connectivity index (χ2v) is 6.36. The zero-order valence-electron chi connectivity index (χ0n) is 11.9. The van der Waals surface area contributed by atoms with Crippen molar-refractivity contribution in [2.45, 2.75) is 19.8 Å². The van der Waals surface area contributed by atoms with Gasteiger partial charge in [0.05, 0.1) is 10.6 Å². The summed E-state index contributed by atoms with van der Waals surface area (Å²) in [5.41, 5.74) is 8.26. The molecule has 1 fully saturated rings. The summed E-state index contributed by atoms with van der Waals surface area (Å²) in [5.74, 6) is -0.285. The van der Waals surface area contributed by atoms with Crippen LogP contribution in [0.2, 0.25) is 0 Å². The quantitative estimate of drug-likeness (QED) is 0.920. The van der Waals surface area contributed by atoms with Crippen LogP contribution in [0.1, 0.15) is 28.8 Å². The molecule has 110 valence electrons. The van der Waals surface area contributed by atoms with Crippen LogP contribution >= 0.6 is 11.3 Å². The van der Waals surface area contributed by atoms with Crippen LogP contribution < -0.4 is 5.73 Å². The molecule has 1 saturated heterocycles. The number of halogens is 1. The van der Waals surface area contributed by atoms with Crippen LogP contribution in [0.25, 0.3) is 10.4 Å². The van der Waals surface area contributed by atoms with Gasteiger partial charge in [0.1, 0.15) is 5.82 Å². The topological polar surface area (TPSA) is 46.3 Å². The number of thiophene rings is 1. The lowest BCUT2D eigenvalue weighted by Gasteiger charge is -2.15. The van der Waals surface area contributed by atoms with Crippen molar-refractivity contribution in [2.75, 3.05) is 18.8 Å². The highest BCUT2D eigenvalue weighted by Gasteiger charge is 2.26. The highest BCUT2D eigenvalue weighted by atomic mass is 32.1. The summed E-state index contributed by atoms with van der Waals surface area (Å²) in [7, 11) is 0. The van der Waals surface area contributed by atoms with E-state index in [0.29, 0.717) is 10.6 Å². The van der Waals surface area contributed by atoms with Gasteiger partial charge in [-0.25, -0.2) is 4.39 Å². The summed E-state index contributed by atoms with van der Waals surface area (Å²) in [4.78, 5) is 15.3. The van der Waals surface area contributed by atoms with Gasteiger partial charge in [-0.15, -0.1) is 11.3 Å². The Bertz CT molecular complexity index is 690. The van der Waals surface area contributed by atoms with E-state index in [1.165, 1.54) is 23.5 Å². The molecule has 3 nitrogen and oxygen atoms in total. The van der Waals surface area contributed by atoms with Crippen LogP contribution in [0.15, 0.2) is 24.3 Å². The number of nitrogens with zero attached hydrogens (tertiary/aromatic N) is 1. The van der Waals surface area contributed by atoms with Crippen LogP contribution in [-0.2, 0) is 0 Å². The summed E-state index contributed by atoms with van der Waals surface area (Å²) >= 11 is 1.35. The summed E-state index contributed by atoms with van der Waals surface area (Å²) < 4.78 is 13.4. The number of benzene rings is 1. The Labute approximate surface area is 127 Å². The molecule has 2 N–H and O–H groups in total. The molecule has 1 aromatic carbocycles. The van der Waals surface area contributed by atoms with Crippen molar-refractivity contribution in [3.63, 3.8) is 0 Å². The van der Waals surface area contributed by atoms with Gasteiger partial charge in [-0.05, 0) is 43.0 Å². The van der Waals surface area contributed by atoms with Crippen LogP contribution in [0, 0.1) is 12.7 Å². The van der Waals surface area contributed by atoms with Crippen LogP contribution in [-0.4, -0.2) is 23.9 Å². The van der Waals surface area contributed by atoms with Crippen LogP contribution in [0.5, 0.6) is 0 Å². The Hall–Kier alpha value is -1.88. The maximum atomic E-state index is 13.4. The van der Waals surface area contributed by atoms with Gasteiger partial charge in [-0.3, -0.25) is 4.79 Å². The number of likely N-dealkylation sites (tertiary alicyclic amines) is 1. The molecular weight excluding hydrogens is 287 g/mol. The number of nitrogens with two attached hydrogens (primary N) is 1. The van der Waals surface area contributed by atoms with Gasteiger partial charge in [0.15, 0.2) is 0 Å². The molecule has 1 aliphatic heterocycles. The fourth-order valence-corrected chi connectivity index (χ4v) is 3.85. The number of carbonyl (C=O) groups is 1. The lowest BCUT2D eigenvalue weighted by Crippen LogP contribution is -2.28. The predicted molar refractivity (Wildman–Crippen MR) is 84.0 cm³/mol. The summed E-state index contributed by atoms with van der Waals surface area (Å²) in [5, 5.41) is 0.517. The molecule has 5 heteroatoms. The van der Waals surface area contributed by atoms with Gasteiger partial charge in [0.2, 0.25) is 0 Å². The van der Waals surface area contributed by atoms with Crippen molar-refractivity contribution < 1.29 is 9.18 Å². The van der Waals surface area contributed by atoms with Crippen LogP contribution in [0.4, 0.5) is 9.39 Å². The third-order valence-corrected chi connectivity index (χ3v) is 5.04. The molecule has 1 aromatic heterocycles. The molecule has 2 aromatic rings. The fraction of sp³-hybridized carbons (Fsp3) is 0.312. The molecule has 1 aliphatic rings. The summed E-state index contributed by atoms with van der Waals surface area (Å²) in [6.07, 6.45) is 2.09. The van der Waals surface area contributed by atoms with E-state index in [1.807, 2.05) is 17.9 Å². The number of hydrogen-bond acceptors (Lipinski definition) is 3. The second kappa shape index (κ2) is 5.48. The molecule has 0 atom stereocenters. The van der Waals surface area contributed by atoms with Gasteiger partial charge in [0, 0.05) is 18.0 Å². The molecule has 1 amide bonds. The van der Waals surface area contributed by atoms with E-state index in [4.69, 9.17) is 5.73 Å². The highest BCUT2D eigenvalue weighted by molar-refractivity contribution is 7.19. The first kappa shape index (κ1) is 14.1. The number of amides is 1. The third-order valence-electron chi connectivity index (χ3n) is 3.87. The smallest absolute Gasteiger partial charge is 0.257 e. The molecule has 2 heterocycles. The average molecular weight is 304 g/mol. The van der Waals surface area contributed by atoms with Crippen LogP contribution in [0.3, 0.4) is 0 Å². The van der Waals surface area contributed by atoms with E-state index in [2.05, 4.69) is 0 Å². The number of rotatable bonds is 2. The highest BCUT2D eigenvalue weighted by Crippen LogP contribution is 2.39. The van der Waals surface area contributed by atoms with Gasteiger partial charge in [-0.2, -0.15) is 0 Å². The van der Waals surface area contributed by atoms with Crippen molar-refractivity contribution in [2.24, 2.45) is 0 Å². The van der Waals surface area contributed by atoms with Gasteiger partial charge < -0.3 is 10.6 Å². The maximum absolute atomic E-state index is 13.4. The number of nitrogen functional groups attached to an aromatic ring is 1. The fourth-order valence-electron chi connectivity index (χ4n) is 2.79. The first-order valence-corrected chi connectivity index (χ1v) is 7.83. The molecule has 3 rings (SSSR count). The van der Waals surface area contributed by atoms with Crippen molar-refractivity contribution in [3.05, 3.63) is 41.2 Å². The normalized spacial score (nSPS) is 14.7. The first-order chi connectivity index (χ1) is 10.1. The number of carbonyl (C=O) groups excluding carboxylic acids is 1. The molecule has 0 radical (unpaired) electrons. The van der Waals surface area contributed by atoms with E-state index in [0.717, 1.165) is 41.9 Å². The van der Waals surface area contributed by atoms with Crippen molar-refractivity contribution in [1.29, 1.82) is 0 Å². The standard InChI is InChI=1S/C16H17FN2OS/c1-10-13(16(20)19-7-2-3-8-19)15(18)21-14(10)11-5-4-6-12(17)9-11/h4-6,9H,2-3,7-8,18H2,1H3. The molecule has 21 heavy (non-hydrogen) atoms. The third kappa shape index (κ3) is 2.53. The maximum Gasteiger partial charge on any atom is 0.257 e. The van der Waals surface area contributed by atoms with E-state index in [9.17, 15) is 9.18 Å². The molecule has 0 bridgehead atoms. The molecular formula is C16H17FN2OS. The SMILES string of the molecule is Cc1c(-c2cccc(F)c2)sc(N)c1C(=O)N1CCCC1. The molecule has 0 aliphatic carbocycles. The lowest BCUT2D eigenvalue weighted by molar-refractivity contribution is 0.0793. The zero-order valence-corrected chi connectivity index (χ0v) is 12.7. The van der Waals surface area contributed by atoms with E-state index >= 15 is 0 Å². The number of anilines is 1. The largest absolute Gasteiger partial charge is 0.390 e. The minimum atomic E-state index is -0.286. The molecule has 0 spiro atoms. The minimum Gasteiger partial charge on any atom is -0.390 e. The predicted octanol–water partition coefficient (Wildman–Crippen LogP) is 3.68. The molecule has 0 saturated carbocycles. The van der Waals surface area contributed by atoms with Gasteiger partial charge in [-0.1, -0.05) is 12.1 Å². The Morgan fingerprint density at radius 3 is 2.71 bits per heavy atom. The Morgan fingerprint density at radius 1 is 1.33 bits per heavy atom. The summed E-state index contributed by atoms with van der Waals surface area (Å²) in [6, 6.07) is 6.39. The minimum absolute atomic E-state index is 0.00130. The first-order valence-electron chi connectivity index (χ1n) is 7.02. The van der Waals surface area contributed by atoms with E-state index < -0.39 is 0 Å².